The number of ether oxygens (including phenoxy) is 2. The van der Waals surface area contributed by atoms with Crippen molar-refractivity contribution < 1.29 is 14.3 Å². The fraction of sp³-hybridized carbons (Fsp3) is 0.158. The van der Waals surface area contributed by atoms with Crippen molar-refractivity contribution in [3.05, 3.63) is 70.4 Å². The van der Waals surface area contributed by atoms with E-state index < -0.39 is 5.97 Å². The molecular formula is C19H16ClNO3. The first kappa shape index (κ1) is 16.3. The van der Waals surface area contributed by atoms with Gasteiger partial charge in [0, 0.05) is 17.0 Å². The van der Waals surface area contributed by atoms with E-state index in [1.807, 2.05) is 48.5 Å². The molecule has 24 heavy (non-hydrogen) atoms. The van der Waals surface area contributed by atoms with Crippen molar-refractivity contribution in [3.63, 3.8) is 0 Å². The van der Waals surface area contributed by atoms with Crippen LogP contribution in [-0.4, -0.2) is 19.0 Å². The molecule has 2 aromatic carbocycles. The summed E-state index contributed by atoms with van der Waals surface area (Å²) in [7, 11) is 1.59. The minimum absolute atomic E-state index is 0.278. The van der Waals surface area contributed by atoms with Crippen molar-refractivity contribution in [1.82, 2.24) is 0 Å². The summed E-state index contributed by atoms with van der Waals surface area (Å²) in [5, 5.41) is 0.689. The van der Waals surface area contributed by atoms with Crippen molar-refractivity contribution in [1.29, 1.82) is 0 Å². The van der Waals surface area contributed by atoms with Crippen LogP contribution in [0.3, 0.4) is 0 Å². The van der Waals surface area contributed by atoms with E-state index in [0.29, 0.717) is 29.5 Å². The van der Waals surface area contributed by atoms with Gasteiger partial charge in [0.1, 0.15) is 5.75 Å². The number of rotatable bonds is 5. The molecule has 0 saturated heterocycles. The number of benzene rings is 2. The van der Waals surface area contributed by atoms with Crippen LogP contribution in [0.15, 0.2) is 59.2 Å². The van der Waals surface area contributed by atoms with Gasteiger partial charge in [0.2, 0.25) is 0 Å². The quantitative estimate of drug-likeness (QED) is 0.602. The normalized spacial score (nSPS) is 15.3. The highest BCUT2D eigenvalue weighted by Gasteiger charge is 2.23. The summed E-state index contributed by atoms with van der Waals surface area (Å²) in [5.74, 6) is 0.656. The molecule has 2 aromatic rings. The molecule has 1 aliphatic rings. The van der Waals surface area contributed by atoms with Gasteiger partial charge in [-0.15, -0.1) is 0 Å². The van der Waals surface area contributed by atoms with Gasteiger partial charge in [0.15, 0.2) is 11.6 Å². The van der Waals surface area contributed by atoms with Crippen LogP contribution in [0.25, 0.3) is 6.08 Å². The summed E-state index contributed by atoms with van der Waals surface area (Å²) in [4.78, 5) is 16.3. The van der Waals surface area contributed by atoms with Crippen LogP contribution in [-0.2, 0) is 16.0 Å². The van der Waals surface area contributed by atoms with E-state index in [1.54, 1.807) is 13.2 Å². The third-order valence-corrected chi connectivity index (χ3v) is 3.85. The Morgan fingerprint density at radius 3 is 2.79 bits per heavy atom. The maximum Gasteiger partial charge on any atom is 0.363 e. The molecule has 5 heteroatoms. The van der Waals surface area contributed by atoms with Crippen molar-refractivity contribution in [2.45, 2.75) is 12.8 Å². The molecule has 0 saturated carbocycles. The van der Waals surface area contributed by atoms with Gasteiger partial charge in [0.25, 0.3) is 0 Å². The van der Waals surface area contributed by atoms with Crippen LogP contribution in [0, 0.1) is 0 Å². The van der Waals surface area contributed by atoms with Gasteiger partial charge in [-0.3, -0.25) is 0 Å². The third-order valence-electron chi connectivity index (χ3n) is 3.61. The van der Waals surface area contributed by atoms with Gasteiger partial charge in [-0.05, 0) is 36.3 Å². The molecular weight excluding hydrogens is 326 g/mol. The number of hydrogen-bond donors (Lipinski definition) is 0. The Morgan fingerprint density at radius 1 is 1.17 bits per heavy atom. The fourth-order valence-corrected chi connectivity index (χ4v) is 2.65. The summed E-state index contributed by atoms with van der Waals surface area (Å²) in [6.07, 6.45) is 2.91. The van der Waals surface area contributed by atoms with Gasteiger partial charge in [0.05, 0.1) is 7.11 Å². The Bertz CT molecular complexity index is 827. The summed E-state index contributed by atoms with van der Waals surface area (Å²) >= 11 is 5.97. The lowest BCUT2D eigenvalue weighted by molar-refractivity contribution is -0.130. The van der Waals surface area contributed by atoms with E-state index in [4.69, 9.17) is 21.1 Å². The molecule has 0 atom stereocenters. The highest BCUT2D eigenvalue weighted by atomic mass is 35.5. The van der Waals surface area contributed by atoms with E-state index in [2.05, 4.69) is 4.99 Å². The zero-order valence-electron chi connectivity index (χ0n) is 13.2. The standard InChI is InChI=1S/C19H16ClNO3/c1-23-17-8-3-2-6-14(17)12-16-19(22)24-18(21-16)10-9-13-5-4-7-15(20)11-13/h2-8,11-12H,9-10H2,1H3/b16-12-. The summed E-state index contributed by atoms with van der Waals surface area (Å²) in [6, 6.07) is 15.0. The van der Waals surface area contributed by atoms with Gasteiger partial charge in [-0.2, -0.15) is 0 Å². The highest BCUT2D eigenvalue weighted by molar-refractivity contribution is 6.30. The Morgan fingerprint density at radius 2 is 2.00 bits per heavy atom. The lowest BCUT2D eigenvalue weighted by Gasteiger charge is -2.03. The summed E-state index contributed by atoms with van der Waals surface area (Å²) in [6.45, 7) is 0. The number of methoxy groups -OCH3 is 1. The van der Waals surface area contributed by atoms with Gasteiger partial charge in [-0.1, -0.05) is 41.9 Å². The molecule has 0 amide bonds. The number of carbonyl (C=O) groups excluding carboxylic acids is 1. The van der Waals surface area contributed by atoms with Crippen molar-refractivity contribution in [2.75, 3.05) is 7.11 Å². The second-order valence-electron chi connectivity index (χ2n) is 5.30. The average molecular weight is 342 g/mol. The zero-order chi connectivity index (χ0) is 16.9. The number of esters is 1. The van der Waals surface area contributed by atoms with Crippen molar-refractivity contribution >= 4 is 29.5 Å². The predicted octanol–water partition coefficient (Wildman–Crippen LogP) is 4.28. The Balaban J connectivity index is 1.74. The van der Waals surface area contributed by atoms with Gasteiger partial charge < -0.3 is 9.47 Å². The molecule has 0 radical (unpaired) electrons. The lowest BCUT2D eigenvalue weighted by Crippen LogP contribution is -2.05. The van der Waals surface area contributed by atoms with Crippen LogP contribution < -0.4 is 4.74 Å². The molecule has 0 unspecified atom stereocenters. The Hall–Kier alpha value is -2.59. The molecule has 3 rings (SSSR count). The number of para-hydroxylation sites is 1. The van der Waals surface area contributed by atoms with Crippen LogP contribution >= 0.6 is 11.6 Å². The number of aliphatic imine (C=N–C) groups is 1. The maximum absolute atomic E-state index is 12.0. The predicted molar refractivity (Wildman–Crippen MR) is 94.3 cm³/mol. The fourth-order valence-electron chi connectivity index (χ4n) is 2.44. The number of carbonyl (C=O) groups is 1. The minimum Gasteiger partial charge on any atom is -0.496 e. The molecule has 1 aliphatic heterocycles. The SMILES string of the molecule is COc1ccccc1/C=C1\N=C(CCc2cccc(Cl)c2)OC1=O. The molecule has 1 heterocycles. The van der Waals surface area contributed by atoms with Crippen molar-refractivity contribution in [3.8, 4) is 5.75 Å². The van der Waals surface area contributed by atoms with Crippen molar-refractivity contribution in [2.24, 2.45) is 4.99 Å². The average Bonchev–Trinajstić information content (AvgIpc) is 2.93. The zero-order valence-corrected chi connectivity index (χ0v) is 13.9. The maximum atomic E-state index is 12.0. The summed E-state index contributed by atoms with van der Waals surface area (Å²) in [5.41, 5.74) is 2.13. The highest BCUT2D eigenvalue weighted by Crippen LogP contribution is 2.24. The van der Waals surface area contributed by atoms with E-state index in [9.17, 15) is 4.79 Å². The topological polar surface area (TPSA) is 47.9 Å². The first-order valence-electron chi connectivity index (χ1n) is 7.54. The summed E-state index contributed by atoms with van der Waals surface area (Å²) < 4.78 is 10.5. The molecule has 0 aromatic heterocycles. The minimum atomic E-state index is -0.443. The van der Waals surface area contributed by atoms with E-state index in [-0.39, 0.29) is 5.70 Å². The number of aryl methyl sites for hydroxylation is 1. The van der Waals surface area contributed by atoms with Crippen LogP contribution in [0.4, 0.5) is 0 Å². The van der Waals surface area contributed by atoms with Gasteiger partial charge in [-0.25, -0.2) is 9.79 Å². The lowest BCUT2D eigenvalue weighted by atomic mass is 10.1. The van der Waals surface area contributed by atoms with Crippen LogP contribution in [0.2, 0.25) is 5.02 Å². The number of nitrogens with zero attached hydrogens (tertiary/aromatic N) is 1. The van der Waals surface area contributed by atoms with E-state index in [1.165, 1.54) is 0 Å². The molecule has 0 N–H and O–H groups in total. The third kappa shape index (κ3) is 3.84. The second-order valence-corrected chi connectivity index (χ2v) is 5.73. The monoisotopic (exact) mass is 341 g/mol. The largest absolute Gasteiger partial charge is 0.496 e. The molecule has 0 bridgehead atoms. The number of cyclic esters (lactones) is 1. The van der Waals surface area contributed by atoms with E-state index >= 15 is 0 Å². The van der Waals surface area contributed by atoms with Crippen LogP contribution in [0.5, 0.6) is 5.75 Å². The number of halogens is 1. The first-order chi connectivity index (χ1) is 11.7. The second kappa shape index (κ2) is 7.32. The van der Waals surface area contributed by atoms with Crippen LogP contribution in [0.1, 0.15) is 17.5 Å². The molecule has 4 nitrogen and oxygen atoms in total. The molecule has 0 spiro atoms. The molecule has 0 aliphatic carbocycles. The first-order valence-corrected chi connectivity index (χ1v) is 7.92. The number of hydrogen-bond acceptors (Lipinski definition) is 4. The van der Waals surface area contributed by atoms with E-state index in [0.717, 1.165) is 11.1 Å². The Labute approximate surface area is 145 Å². The Kier molecular flexibility index (Phi) is 4.96. The molecule has 122 valence electrons. The molecule has 0 fully saturated rings. The van der Waals surface area contributed by atoms with Gasteiger partial charge >= 0.3 is 5.97 Å². The smallest absolute Gasteiger partial charge is 0.363 e.